The van der Waals surface area contributed by atoms with Crippen LogP contribution in [-0.4, -0.2) is 27.1 Å². The van der Waals surface area contributed by atoms with Gasteiger partial charge in [-0.3, -0.25) is 14.9 Å². The highest BCUT2D eigenvalue weighted by molar-refractivity contribution is 6.30. The third-order valence-corrected chi connectivity index (χ3v) is 4.76. The van der Waals surface area contributed by atoms with Crippen molar-refractivity contribution >= 4 is 29.5 Å². The number of benzene rings is 3. The van der Waals surface area contributed by atoms with E-state index in [9.17, 15) is 14.7 Å². The van der Waals surface area contributed by atoms with E-state index in [1.807, 2.05) is 30.3 Å². The third-order valence-electron chi connectivity index (χ3n) is 4.52. The Morgan fingerprint density at radius 3 is 2.47 bits per heavy atom. The lowest BCUT2D eigenvalue weighted by atomic mass is 10.1. The summed E-state index contributed by atoms with van der Waals surface area (Å²) in [4.78, 5) is 29.0. The number of nitrogens with one attached hydrogen (secondary N) is 1. The number of carbonyl (C=O) groups is 1. The molecule has 148 valence electrons. The van der Waals surface area contributed by atoms with E-state index in [1.54, 1.807) is 42.5 Å². The molecule has 0 saturated carbocycles. The van der Waals surface area contributed by atoms with E-state index < -0.39 is 5.97 Å². The molecule has 0 saturated heterocycles. The lowest BCUT2D eigenvalue weighted by Gasteiger charge is -2.02. The summed E-state index contributed by atoms with van der Waals surface area (Å²) in [5.74, 6) is -1.09. The van der Waals surface area contributed by atoms with Crippen molar-refractivity contribution < 1.29 is 9.90 Å². The summed E-state index contributed by atoms with van der Waals surface area (Å²) in [7, 11) is 0. The number of rotatable bonds is 5. The van der Waals surface area contributed by atoms with Crippen LogP contribution in [0.2, 0.25) is 5.02 Å². The number of hydrogen-bond donors (Lipinski definition) is 2. The van der Waals surface area contributed by atoms with Crippen molar-refractivity contribution in [1.29, 1.82) is 0 Å². The highest BCUT2D eigenvalue weighted by Gasteiger charge is 2.16. The summed E-state index contributed by atoms with van der Waals surface area (Å²) in [6, 6.07) is 22.6. The van der Waals surface area contributed by atoms with Crippen molar-refractivity contribution in [2.24, 2.45) is 4.99 Å². The maximum Gasteiger partial charge on any atom is 0.337 e. The van der Waals surface area contributed by atoms with Crippen LogP contribution in [0.1, 0.15) is 15.9 Å². The number of para-hydroxylation sites is 1. The Morgan fingerprint density at radius 1 is 1.00 bits per heavy atom. The van der Waals surface area contributed by atoms with E-state index in [0.717, 1.165) is 5.56 Å². The van der Waals surface area contributed by atoms with E-state index in [4.69, 9.17) is 11.6 Å². The molecule has 0 amide bonds. The normalized spacial score (nSPS) is 11.1. The zero-order valence-corrected chi connectivity index (χ0v) is 16.4. The van der Waals surface area contributed by atoms with Crippen LogP contribution in [0.3, 0.4) is 0 Å². The minimum atomic E-state index is -1.09. The number of halogens is 1. The zero-order chi connectivity index (χ0) is 21.1. The number of carboxylic acid groups (broad SMARTS) is 1. The van der Waals surface area contributed by atoms with E-state index in [0.29, 0.717) is 22.0 Å². The molecule has 2 N–H and O–H groups in total. The van der Waals surface area contributed by atoms with E-state index in [1.165, 1.54) is 17.0 Å². The molecule has 30 heavy (non-hydrogen) atoms. The number of H-pyrrole nitrogens is 1. The van der Waals surface area contributed by atoms with E-state index in [2.05, 4.69) is 10.1 Å². The van der Waals surface area contributed by atoms with Crippen LogP contribution in [0.5, 0.6) is 0 Å². The number of hydrogen-bond acceptors (Lipinski definition) is 3. The first-order valence-corrected chi connectivity index (χ1v) is 9.45. The Bertz CT molecular complexity index is 1310. The summed E-state index contributed by atoms with van der Waals surface area (Å²) in [6.07, 6.45) is 1.39. The van der Waals surface area contributed by atoms with Crippen molar-refractivity contribution in [1.82, 2.24) is 9.78 Å². The molecule has 0 radical (unpaired) electrons. The van der Waals surface area contributed by atoms with Gasteiger partial charge >= 0.3 is 5.97 Å². The molecule has 0 spiro atoms. The van der Waals surface area contributed by atoms with Gasteiger partial charge in [0.05, 0.1) is 28.2 Å². The number of aliphatic imine (C=N–C) groups is 1. The predicted octanol–water partition coefficient (Wildman–Crippen LogP) is 4.93. The van der Waals surface area contributed by atoms with Gasteiger partial charge in [0.2, 0.25) is 0 Å². The van der Waals surface area contributed by atoms with Gasteiger partial charge in [0, 0.05) is 16.8 Å². The summed E-state index contributed by atoms with van der Waals surface area (Å²) in [5.41, 5.74) is 2.24. The van der Waals surface area contributed by atoms with Crippen LogP contribution in [0.4, 0.5) is 5.69 Å². The van der Waals surface area contributed by atoms with E-state index in [-0.39, 0.29) is 16.8 Å². The van der Waals surface area contributed by atoms with Crippen LogP contribution in [0.25, 0.3) is 16.9 Å². The van der Waals surface area contributed by atoms with Crippen LogP contribution < -0.4 is 5.56 Å². The fourth-order valence-corrected chi connectivity index (χ4v) is 3.28. The van der Waals surface area contributed by atoms with Gasteiger partial charge in [0.15, 0.2) is 0 Å². The van der Waals surface area contributed by atoms with Crippen LogP contribution in [-0.2, 0) is 0 Å². The summed E-state index contributed by atoms with van der Waals surface area (Å²) in [6.45, 7) is 0. The number of aromatic amines is 1. The number of aromatic nitrogens is 2. The van der Waals surface area contributed by atoms with Crippen molar-refractivity contribution in [3.8, 4) is 16.9 Å². The van der Waals surface area contributed by atoms with Gasteiger partial charge in [-0.2, -0.15) is 0 Å². The SMILES string of the molecule is O=C(O)c1ccccc1N=Cc1c(-c2ccccc2)[nH]n(-c2cccc(Cl)c2)c1=O. The molecule has 7 heteroatoms. The molecule has 4 rings (SSSR count). The molecule has 1 aromatic heterocycles. The summed E-state index contributed by atoms with van der Waals surface area (Å²) >= 11 is 6.09. The lowest BCUT2D eigenvalue weighted by Crippen LogP contribution is -2.17. The first-order valence-electron chi connectivity index (χ1n) is 9.07. The van der Waals surface area contributed by atoms with Gasteiger partial charge in [0.25, 0.3) is 5.56 Å². The molecule has 3 aromatic carbocycles. The van der Waals surface area contributed by atoms with Crippen molar-refractivity contribution in [2.45, 2.75) is 0 Å². The fraction of sp³-hybridized carbons (Fsp3) is 0. The molecule has 0 aliphatic heterocycles. The molecule has 0 aliphatic carbocycles. The van der Waals surface area contributed by atoms with Crippen molar-refractivity contribution in [3.63, 3.8) is 0 Å². The van der Waals surface area contributed by atoms with Crippen LogP contribution >= 0.6 is 11.6 Å². The molecule has 6 nitrogen and oxygen atoms in total. The Balaban J connectivity index is 1.88. The van der Waals surface area contributed by atoms with Crippen LogP contribution in [0.15, 0.2) is 88.6 Å². The van der Waals surface area contributed by atoms with Gasteiger partial charge in [-0.15, -0.1) is 0 Å². The number of aromatic carboxylic acids is 1. The molecule has 0 atom stereocenters. The molecule has 0 bridgehead atoms. The third kappa shape index (κ3) is 3.81. The van der Waals surface area contributed by atoms with E-state index >= 15 is 0 Å². The highest BCUT2D eigenvalue weighted by Crippen LogP contribution is 2.23. The zero-order valence-electron chi connectivity index (χ0n) is 15.6. The maximum absolute atomic E-state index is 13.2. The average Bonchev–Trinajstić information content (AvgIpc) is 3.09. The minimum absolute atomic E-state index is 0.0562. The molecule has 0 unspecified atom stereocenters. The first-order chi connectivity index (χ1) is 14.5. The van der Waals surface area contributed by atoms with Gasteiger partial charge in [-0.1, -0.05) is 60.1 Å². The summed E-state index contributed by atoms with van der Waals surface area (Å²) < 4.78 is 1.39. The Labute approximate surface area is 176 Å². The second-order valence-electron chi connectivity index (χ2n) is 6.47. The lowest BCUT2D eigenvalue weighted by molar-refractivity contribution is 0.0698. The number of nitrogens with zero attached hydrogens (tertiary/aromatic N) is 2. The largest absolute Gasteiger partial charge is 0.478 e. The topological polar surface area (TPSA) is 87.4 Å². The molecule has 1 heterocycles. The summed E-state index contributed by atoms with van der Waals surface area (Å²) in [5, 5.41) is 13.0. The smallest absolute Gasteiger partial charge is 0.337 e. The molecule has 4 aromatic rings. The van der Waals surface area contributed by atoms with Crippen LogP contribution in [0, 0.1) is 0 Å². The molecule has 0 fully saturated rings. The second-order valence-corrected chi connectivity index (χ2v) is 6.90. The quantitative estimate of drug-likeness (QED) is 0.451. The highest BCUT2D eigenvalue weighted by atomic mass is 35.5. The number of carboxylic acids is 1. The Hall–Kier alpha value is -3.90. The second kappa shape index (κ2) is 8.23. The van der Waals surface area contributed by atoms with Gasteiger partial charge < -0.3 is 5.11 Å². The Morgan fingerprint density at radius 2 is 1.73 bits per heavy atom. The fourth-order valence-electron chi connectivity index (χ4n) is 3.09. The van der Waals surface area contributed by atoms with Gasteiger partial charge in [0.1, 0.15) is 0 Å². The molecular formula is C23H16ClN3O3. The van der Waals surface area contributed by atoms with Crippen molar-refractivity contribution in [3.05, 3.63) is 105 Å². The van der Waals surface area contributed by atoms with Crippen molar-refractivity contribution in [2.75, 3.05) is 0 Å². The minimum Gasteiger partial charge on any atom is -0.478 e. The standard InChI is InChI=1S/C23H16ClN3O3/c24-16-9-6-10-17(13-16)27-22(28)19(21(26-27)15-7-2-1-3-8-15)14-25-20-12-5-4-11-18(20)23(29)30/h1-14,26H,(H,29,30). The monoisotopic (exact) mass is 417 g/mol. The average molecular weight is 418 g/mol. The van der Waals surface area contributed by atoms with Gasteiger partial charge in [-0.05, 0) is 30.3 Å². The predicted molar refractivity (Wildman–Crippen MR) is 117 cm³/mol. The molecular weight excluding hydrogens is 402 g/mol. The first kappa shape index (κ1) is 19.4. The Kier molecular flexibility index (Phi) is 5.32. The maximum atomic E-state index is 13.2. The van der Waals surface area contributed by atoms with Gasteiger partial charge in [-0.25, -0.2) is 9.48 Å². The molecule has 0 aliphatic rings.